The molecule has 16 heavy (non-hydrogen) atoms. The molecule has 1 aromatic heterocycles. The summed E-state index contributed by atoms with van der Waals surface area (Å²) in [5, 5.41) is 10.0. The molecule has 0 aliphatic rings. The Balaban J connectivity index is 2.60. The van der Waals surface area contributed by atoms with E-state index in [4.69, 9.17) is 5.11 Å². The van der Waals surface area contributed by atoms with Crippen LogP contribution in [0.1, 0.15) is 5.56 Å². The summed E-state index contributed by atoms with van der Waals surface area (Å²) in [6.07, 6.45) is 1.56. The van der Waals surface area contributed by atoms with E-state index in [-0.39, 0.29) is 6.61 Å². The number of hydrogen-bond acceptors (Lipinski definition) is 4. The van der Waals surface area contributed by atoms with Crippen molar-refractivity contribution in [2.24, 2.45) is 0 Å². The van der Waals surface area contributed by atoms with Gasteiger partial charge in [-0.1, -0.05) is 12.1 Å². The van der Waals surface area contributed by atoms with Crippen LogP contribution in [0, 0.1) is 6.92 Å². The van der Waals surface area contributed by atoms with E-state index in [2.05, 4.69) is 9.97 Å². The monoisotopic (exact) mass is 217 g/mol. The summed E-state index contributed by atoms with van der Waals surface area (Å²) >= 11 is 0. The molecule has 4 heteroatoms. The Hall–Kier alpha value is -1.68. The van der Waals surface area contributed by atoms with E-state index in [9.17, 15) is 0 Å². The molecule has 4 nitrogen and oxygen atoms in total. The Morgan fingerprint density at radius 3 is 2.88 bits per heavy atom. The van der Waals surface area contributed by atoms with Crippen LogP contribution in [0.15, 0.2) is 24.5 Å². The minimum Gasteiger partial charge on any atom is -0.395 e. The van der Waals surface area contributed by atoms with Crippen molar-refractivity contribution in [1.82, 2.24) is 9.97 Å². The van der Waals surface area contributed by atoms with Gasteiger partial charge in [-0.2, -0.15) is 0 Å². The molecule has 0 aliphatic heterocycles. The minimum atomic E-state index is 0.119. The van der Waals surface area contributed by atoms with Crippen molar-refractivity contribution in [2.75, 3.05) is 25.1 Å². The third-order valence-corrected chi connectivity index (χ3v) is 2.65. The van der Waals surface area contributed by atoms with E-state index in [1.54, 1.807) is 6.33 Å². The first kappa shape index (κ1) is 10.8. The molecule has 2 rings (SSSR count). The maximum atomic E-state index is 8.95. The number of aliphatic hydroxyl groups excluding tert-OH is 1. The fraction of sp³-hybridized carbons (Fsp3) is 0.333. The van der Waals surface area contributed by atoms with Crippen LogP contribution >= 0.6 is 0 Å². The van der Waals surface area contributed by atoms with Crippen LogP contribution < -0.4 is 4.90 Å². The van der Waals surface area contributed by atoms with Crippen molar-refractivity contribution in [2.45, 2.75) is 6.92 Å². The van der Waals surface area contributed by atoms with Crippen molar-refractivity contribution >= 4 is 16.7 Å². The molecule has 1 N–H and O–H groups in total. The molecule has 0 bridgehead atoms. The Morgan fingerprint density at radius 1 is 1.31 bits per heavy atom. The molecule has 0 saturated carbocycles. The fourth-order valence-corrected chi connectivity index (χ4v) is 1.81. The van der Waals surface area contributed by atoms with Crippen LogP contribution in [0.3, 0.4) is 0 Å². The van der Waals surface area contributed by atoms with E-state index >= 15 is 0 Å². The highest BCUT2D eigenvalue weighted by Gasteiger charge is 2.09. The average molecular weight is 217 g/mol. The average Bonchev–Trinajstić information content (AvgIpc) is 2.29. The minimum absolute atomic E-state index is 0.119. The number of nitrogens with zero attached hydrogens (tertiary/aromatic N) is 3. The summed E-state index contributed by atoms with van der Waals surface area (Å²) < 4.78 is 0. The van der Waals surface area contributed by atoms with Gasteiger partial charge in [-0.3, -0.25) is 0 Å². The smallest absolute Gasteiger partial charge is 0.139 e. The summed E-state index contributed by atoms with van der Waals surface area (Å²) in [6, 6.07) is 6.00. The quantitative estimate of drug-likeness (QED) is 0.843. The number of rotatable bonds is 3. The molecule has 1 aromatic carbocycles. The molecular weight excluding hydrogens is 202 g/mol. The lowest BCUT2D eigenvalue weighted by Crippen LogP contribution is -2.22. The Kier molecular flexibility index (Phi) is 3.01. The first-order chi connectivity index (χ1) is 7.74. The third kappa shape index (κ3) is 1.84. The molecule has 0 amide bonds. The summed E-state index contributed by atoms with van der Waals surface area (Å²) in [7, 11) is 1.92. The van der Waals surface area contributed by atoms with E-state index in [0.29, 0.717) is 6.54 Å². The summed E-state index contributed by atoms with van der Waals surface area (Å²) in [5.41, 5.74) is 2.09. The van der Waals surface area contributed by atoms with Crippen molar-refractivity contribution in [3.63, 3.8) is 0 Å². The molecule has 0 aliphatic carbocycles. The molecule has 0 atom stereocenters. The molecule has 1 heterocycles. The lowest BCUT2D eigenvalue weighted by Gasteiger charge is -2.19. The summed E-state index contributed by atoms with van der Waals surface area (Å²) in [4.78, 5) is 10.5. The Morgan fingerprint density at radius 2 is 2.12 bits per heavy atom. The molecule has 84 valence electrons. The standard InChI is InChI=1S/C12H15N3O/c1-9-4-3-5-10-11(9)12(14-8-13-10)15(2)6-7-16/h3-5,8,16H,6-7H2,1-2H3. The summed E-state index contributed by atoms with van der Waals surface area (Å²) in [5.74, 6) is 0.872. The Bertz CT molecular complexity index is 493. The first-order valence-electron chi connectivity index (χ1n) is 5.26. The largest absolute Gasteiger partial charge is 0.395 e. The van der Waals surface area contributed by atoms with Crippen LogP contribution in [0.2, 0.25) is 0 Å². The zero-order valence-corrected chi connectivity index (χ0v) is 9.51. The molecule has 0 spiro atoms. The molecule has 0 fully saturated rings. The molecule has 0 radical (unpaired) electrons. The highest BCUT2D eigenvalue weighted by molar-refractivity contribution is 5.92. The lowest BCUT2D eigenvalue weighted by molar-refractivity contribution is 0.304. The fourth-order valence-electron chi connectivity index (χ4n) is 1.81. The van der Waals surface area contributed by atoms with Gasteiger partial charge in [0, 0.05) is 19.0 Å². The second-order valence-electron chi connectivity index (χ2n) is 3.81. The van der Waals surface area contributed by atoms with Crippen LogP contribution in [-0.2, 0) is 0 Å². The van der Waals surface area contributed by atoms with E-state index in [0.717, 1.165) is 22.3 Å². The van der Waals surface area contributed by atoms with Gasteiger partial charge in [-0.05, 0) is 18.6 Å². The van der Waals surface area contributed by atoms with E-state index in [1.165, 1.54) is 0 Å². The number of fused-ring (bicyclic) bond motifs is 1. The van der Waals surface area contributed by atoms with Gasteiger partial charge in [-0.15, -0.1) is 0 Å². The number of hydrogen-bond donors (Lipinski definition) is 1. The number of anilines is 1. The van der Waals surface area contributed by atoms with Crippen LogP contribution in [0.25, 0.3) is 10.9 Å². The van der Waals surface area contributed by atoms with Crippen molar-refractivity contribution in [3.8, 4) is 0 Å². The van der Waals surface area contributed by atoms with Crippen molar-refractivity contribution < 1.29 is 5.11 Å². The number of aliphatic hydroxyl groups is 1. The van der Waals surface area contributed by atoms with Gasteiger partial charge < -0.3 is 10.0 Å². The first-order valence-corrected chi connectivity index (χ1v) is 5.26. The highest BCUT2D eigenvalue weighted by atomic mass is 16.3. The van der Waals surface area contributed by atoms with Gasteiger partial charge in [-0.25, -0.2) is 9.97 Å². The predicted octanol–water partition coefficient (Wildman–Crippen LogP) is 1.37. The lowest BCUT2D eigenvalue weighted by atomic mass is 10.1. The van der Waals surface area contributed by atoms with Gasteiger partial charge in [0.2, 0.25) is 0 Å². The highest BCUT2D eigenvalue weighted by Crippen LogP contribution is 2.24. The third-order valence-electron chi connectivity index (χ3n) is 2.65. The van der Waals surface area contributed by atoms with E-state index in [1.807, 2.05) is 37.1 Å². The predicted molar refractivity (Wildman–Crippen MR) is 64.6 cm³/mol. The molecule has 2 aromatic rings. The van der Waals surface area contributed by atoms with Crippen molar-refractivity contribution in [1.29, 1.82) is 0 Å². The van der Waals surface area contributed by atoms with Gasteiger partial charge in [0.1, 0.15) is 12.1 Å². The topological polar surface area (TPSA) is 49.2 Å². The number of aryl methyl sites for hydroxylation is 1. The van der Waals surface area contributed by atoms with E-state index < -0.39 is 0 Å². The van der Waals surface area contributed by atoms with Crippen LogP contribution in [0.5, 0.6) is 0 Å². The normalized spacial score (nSPS) is 10.7. The van der Waals surface area contributed by atoms with Crippen LogP contribution in [0.4, 0.5) is 5.82 Å². The van der Waals surface area contributed by atoms with Gasteiger partial charge in [0.15, 0.2) is 0 Å². The van der Waals surface area contributed by atoms with Crippen molar-refractivity contribution in [3.05, 3.63) is 30.1 Å². The maximum Gasteiger partial charge on any atom is 0.139 e. The van der Waals surface area contributed by atoms with Gasteiger partial charge in [0.05, 0.1) is 12.1 Å². The number of likely N-dealkylation sites (N-methyl/N-ethyl adjacent to an activating group) is 1. The van der Waals surface area contributed by atoms with Gasteiger partial charge >= 0.3 is 0 Å². The molecular formula is C12H15N3O. The number of aromatic nitrogens is 2. The zero-order valence-electron chi connectivity index (χ0n) is 9.51. The SMILES string of the molecule is Cc1cccc2ncnc(N(C)CCO)c12. The van der Waals surface area contributed by atoms with Gasteiger partial charge in [0.25, 0.3) is 0 Å². The zero-order chi connectivity index (χ0) is 11.5. The maximum absolute atomic E-state index is 8.95. The molecule has 0 unspecified atom stereocenters. The summed E-state index contributed by atoms with van der Waals surface area (Å²) in [6.45, 7) is 2.73. The Labute approximate surface area is 94.6 Å². The second-order valence-corrected chi connectivity index (χ2v) is 3.81. The second kappa shape index (κ2) is 4.45. The molecule has 0 saturated heterocycles. The van der Waals surface area contributed by atoms with Crippen LogP contribution in [-0.4, -0.2) is 35.3 Å². The number of benzene rings is 1.